The van der Waals surface area contributed by atoms with E-state index < -0.39 is 5.60 Å². The van der Waals surface area contributed by atoms with Crippen molar-refractivity contribution in [1.29, 1.82) is 0 Å². The molecule has 3 heteroatoms. The van der Waals surface area contributed by atoms with Crippen molar-refractivity contribution in [2.75, 3.05) is 13.7 Å². The topological polar surface area (TPSA) is 35.5 Å². The van der Waals surface area contributed by atoms with Gasteiger partial charge in [-0.05, 0) is 52.9 Å². The minimum Gasteiger partial charge on any atom is -0.379 e. The maximum Gasteiger partial charge on any atom is 0.164 e. The molecule has 0 unspecified atom stereocenters. The number of carbonyl (C=O) groups excluding carboxylic acids is 1. The van der Waals surface area contributed by atoms with Gasteiger partial charge in [-0.1, -0.05) is 0 Å². The quantitative estimate of drug-likeness (QED) is 0.688. The Morgan fingerprint density at radius 3 is 2.35 bits per heavy atom. The molecule has 0 aromatic carbocycles. The van der Waals surface area contributed by atoms with Crippen molar-refractivity contribution in [3.63, 3.8) is 0 Å². The molecule has 1 saturated carbocycles. The van der Waals surface area contributed by atoms with Gasteiger partial charge in [-0.3, -0.25) is 4.79 Å². The first kappa shape index (κ1) is 14.7. The Balaban J connectivity index is 2.55. The van der Waals surface area contributed by atoms with Crippen LogP contribution in [0.2, 0.25) is 0 Å². The molecule has 17 heavy (non-hydrogen) atoms. The SMILES string of the molecule is CCOC1(C(=O)CCC(C)(C)OC)CCCC1. The second-order valence-corrected chi connectivity index (χ2v) is 5.52. The predicted octanol–water partition coefficient (Wildman–Crippen LogP) is 3.11. The van der Waals surface area contributed by atoms with Crippen molar-refractivity contribution in [1.82, 2.24) is 0 Å². The zero-order valence-electron chi connectivity index (χ0n) is 11.7. The molecule has 0 spiro atoms. The second-order valence-electron chi connectivity index (χ2n) is 5.52. The van der Waals surface area contributed by atoms with Gasteiger partial charge in [0.15, 0.2) is 5.78 Å². The number of ether oxygens (including phenoxy) is 2. The first-order valence-electron chi connectivity index (χ1n) is 6.68. The van der Waals surface area contributed by atoms with E-state index in [0.29, 0.717) is 13.0 Å². The molecule has 0 radical (unpaired) electrons. The van der Waals surface area contributed by atoms with Gasteiger partial charge in [0.05, 0.1) is 5.60 Å². The van der Waals surface area contributed by atoms with E-state index in [-0.39, 0.29) is 11.4 Å². The van der Waals surface area contributed by atoms with Crippen LogP contribution in [-0.2, 0) is 14.3 Å². The highest BCUT2D eigenvalue weighted by molar-refractivity contribution is 5.87. The Kier molecular flexibility index (Phi) is 5.14. The Morgan fingerprint density at radius 2 is 1.88 bits per heavy atom. The molecule has 0 aliphatic heterocycles. The maximum absolute atomic E-state index is 12.3. The number of rotatable bonds is 7. The van der Waals surface area contributed by atoms with Crippen LogP contribution in [0, 0.1) is 0 Å². The van der Waals surface area contributed by atoms with Gasteiger partial charge in [0, 0.05) is 20.1 Å². The highest BCUT2D eigenvalue weighted by Crippen LogP contribution is 2.35. The third-order valence-electron chi connectivity index (χ3n) is 3.85. The van der Waals surface area contributed by atoms with Crippen LogP contribution >= 0.6 is 0 Å². The summed E-state index contributed by atoms with van der Waals surface area (Å²) < 4.78 is 11.1. The van der Waals surface area contributed by atoms with Crippen molar-refractivity contribution >= 4 is 5.78 Å². The van der Waals surface area contributed by atoms with Crippen LogP contribution < -0.4 is 0 Å². The lowest BCUT2D eigenvalue weighted by Crippen LogP contribution is -2.40. The van der Waals surface area contributed by atoms with Gasteiger partial charge in [-0.25, -0.2) is 0 Å². The molecule has 0 heterocycles. The second kappa shape index (κ2) is 5.96. The number of carbonyl (C=O) groups is 1. The van der Waals surface area contributed by atoms with Crippen molar-refractivity contribution in [2.24, 2.45) is 0 Å². The van der Waals surface area contributed by atoms with E-state index in [1.54, 1.807) is 7.11 Å². The maximum atomic E-state index is 12.3. The molecule has 1 fully saturated rings. The molecular weight excluding hydrogens is 216 g/mol. The number of methoxy groups -OCH3 is 1. The Labute approximate surface area is 105 Å². The summed E-state index contributed by atoms with van der Waals surface area (Å²) in [7, 11) is 1.69. The van der Waals surface area contributed by atoms with Gasteiger partial charge < -0.3 is 9.47 Å². The summed E-state index contributed by atoms with van der Waals surface area (Å²) in [4.78, 5) is 12.3. The molecule has 0 atom stereocenters. The molecule has 1 rings (SSSR count). The minimum absolute atomic E-state index is 0.221. The summed E-state index contributed by atoms with van der Waals surface area (Å²) in [5.41, 5.74) is -0.694. The standard InChI is InChI=1S/C14H26O3/c1-5-17-14(9-6-7-10-14)12(15)8-11-13(2,3)16-4/h5-11H2,1-4H3. The van der Waals surface area contributed by atoms with Crippen molar-refractivity contribution < 1.29 is 14.3 Å². The lowest BCUT2D eigenvalue weighted by atomic mass is 9.89. The van der Waals surface area contributed by atoms with Gasteiger partial charge in [-0.2, -0.15) is 0 Å². The Hall–Kier alpha value is -0.410. The predicted molar refractivity (Wildman–Crippen MR) is 68.2 cm³/mol. The van der Waals surface area contributed by atoms with Crippen LogP contribution in [0.4, 0.5) is 0 Å². The summed E-state index contributed by atoms with van der Waals surface area (Å²) in [6.07, 6.45) is 5.33. The number of Topliss-reactive ketones (excluding diaryl/α,β-unsaturated/α-hetero) is 1. The summed E-state index contributed by atoms with van der Waals surface area (Å²) >= 11 is 0. The molecule has 0 aromatic rings. The fourth-order valence-electron chi connectivity index (χ4n) is 2.47. The van der Waals surface area contributed by atoms with Gasteiger partial charge >= 0.3 is 0 Å². The van der Waals surface area contributed by atoms with Crippen molar-refractivity contribution in [3.05, 3.63) is 0 Å². The Morgan fingerprint density at radius 1 is 1.29 bits per heavy atom. The summed E-state index contributed by atoms with van der Waals surface area (Å²) in [6.45, 7) is 6.62. The van der Waals surface area contributed by atoms with Crippen LogP contribution in [0.15, 0.2) is 0 Å². The van der Waals surface area contributed by atoms with E-state index in [2.05, 4.69) is 0 Å². The van der Waals surface area contributed by atoms with Crippen LogP contribution in [0.1, 0.15) is 59.3 Å². The van der Waals surface area contributed by atoms with Crippen LogP contribution in [0.5, 0.6) is 0 Å². The van der Waals surface area contributed by atoms with E-state index in [1.165, 1.54) is 0 Å². The fourth-order valence-corrected chi connectivity index (χ4v) is 2.47. The van der Waals surface area contributed by atoms with E-state index in [0.717, 1.165) is 32.1 Å². The number of ketones is 1. The summed E-state index contributed by atoms with van der Waals surface area (Å²) in [6, 6.07) is 0. The van der Waals surface area contributed by atoms with E-state index in [1.807, 2.05) is 20.8 Å². The van der Waals surface area contributed by atoms with Crippen LogP contribution in [-0.4, -0.2) is 30.7 Å². The minimum atomic E-state index is -0.474. The number of hydrogen-bond acceptors (Lipinski definition) is 3. The third kappa shape index (κ3) is 3.78. The monoisotopic (exact) mass is 242 g/mol. The third-order valence-corrected chi connectivity index (χ3v) is 3.85. The molecule has 3 nitrogen and oxygen atoms in total. The average molecular weight is 242 g/mol. The average Bonchev–Trinajstić information content (AvgIpc) is 2.76. The molecule has 0 amide bonds. The zero-order valence-corrected chi connectivity index (χ0v) is 11.7. The smallest absolute Gasteiger partial charge is 0.164 e. The van der Waals surface area contributed by atoms with E-state index >= 15 is 0 Å². The number of hydrogen-bond donors (Lipinski definition) is 0. The van der Waals surface area contributed by atoms with E-state index in [9.17, 15) is 4.79 Å². The van der Waals surface area contributed by atoms with E-state index in [4.69, 9.17) is 9.47 Å². The first-order chi connectivity index (χ1) is 7.96. The van der Waals surface area contributed by atoms with Gasteiger partial charge in [0.25, 0.3) is 0 Å². The first-order valence-corrected chi connectivity index (χ1v) is 6.68. The molecule has 0 saturated heterocycles. The fraction of sp³-hybridized carbons (Fsp3) is 0.929. The van der Waals surface area contributed by atoms with Gasteiger partial charge in [-0.15, -0.1) is 0 Å². The lowest BCUT2D eigenvalue weighted by Gasteiger charge is -2.29. The molecule has 1 aliphatic carbocycles. The van der Waals surface area contributed by atoms with Crippen LogP contribution in [0.25, 0.3) is 0 Å². The normalized spacial score (nSPS) is 19.5. The molecule has 1 aliphatic rings. The summed E-state index contributed by atoms with van der Waals surface area (Å²) in [5.74, 6) is 0.266. The molecular formula is C14H26O3. The van der Waals surface area contributed by atoms with Crippen LogP contribution in [0.3, 0.4) is 0 Å². The highest BCUT2D eigenvalue weighted by Gasteiger charge is 2.41. The molecule has 100 valence electrons. The Bertz CT molecular complexity index is 252. The lowest BCUT2D eigenvalue weighted by molar-refractivity contribution is -0.144. The van der Waals surface area contributed by atoms with Crippen molar-refractivity contribution in [2.45, 2.75) is 70.5 Å². The molecule has 0 N–H and O–H groups in total. The van der Waals surface area contributed by atoms with Gasteiger partial charge in [0.1, 0.15) is 5.60 Å². The molecule has 0 bridgehead atoms. The zero-order chi connectivity index (χ0) is 12.9. The largest absolute Gasteiger partial charge is 0.379 e. The van der Waals surface area contributed by atoms with Gasteiger partial charge in [0.2, 0.25) is 0 Å². The molecule has 0 aromatic heterocycles. The van der Waals surface area contributed by atoms with Crippen molar-refractivity contribution in [3.8, 4) is 0 Å². The summed E-state index contributed by atoms with van der Waals surface area (Å²) in [5, 5.41) is 0. The highest BCUT2D eigenvalue weighted by atomic mass is 16.5.